The molecule has 0 fully saturated rings. The van der Waals surface area contributed by atoms with Gasteiger partial charge in [-0.1, -0.05) is 6.07 Å². The lowest BCUT2D eigenvalue weighted by molar-refractivity contribution is -0.134. The quantitative estimate of drug-likeness (QED) is 0.406. The van der Waals surface area contributed by atoms with Crippen LogP contribution in [0.4, 0.5) is 5.69 Å². The van der Waals surface area contributed by atoms with Crippen LogP contribution in [0.1, 0.15) is 17.4 Å². The summed E-state index contributed by atoms with van der Waals surface area (Å²) in [6, 6.07) is 4.74. The van der Waals surface area contributed by atoms with Gasteiger partial charge in [0.15, 0.2) is 0 Å². The Morgan fingerprint density at radius 2 is 1.86 bits per heavy atom. The van der Waals surface area contributed by atoms with Crippen molar-refractivity contribution < 1.29 is 38.1 Å². The lowest BCUT2D eigenvalue weighted by Crippen LogP contribution is -2.11. The van der Waals surface area contributed by atoms with Crippen LogP contribution in [0.5, 0.6) is 5.75 Å². The van der Waals surface area contributed by atoms with Gasteiger partial charge in [-0.2, -0.15) is 0 Å². The highest BCUT2D eigenvalue weighted by Gasteiger charge is 2.16. The number of sulfonamides is 1. The van der Waals surface area contributed by atoms with Crippen molar-refractivity contribution in [3.05, 3.63) is 54.1 Å². The number of rotatable bonds is 7. The van der Waals surface area contributed by atoms with Crippen molar-refractivity contribution in [1.82, 2.24) is 9.97 Å². The van der Waals surface area contributed by atoms with Crippen LogP contribution in [-0.2, 0) is 19.6 Å². The Bertz CT molecular complexity index is 923. The molecule has 152 valence electrons. The van der Waals surface area contributed by atoms with Crippen molar-refractivity contribution in [2.45, 2.75) is 6.10 Å². The zero-order valence-electron chi connectivity index (χ0n) is 14.9. The van der Waals surface area contributed by atoms with E-state index in [1.807, 2.05) is 0 Å². The molecule has 1 heterocycles. The smallest absolute Gasteiger partial charge is 0.328 e. The molecule has 0 saturated carbocycles. The molecule has 0 spiro atoms. The fraction of sp³-hybridized carbons (Fsp3) is 0.188. The minimum Gasteiger partial charge on any atom is -0.495 e. The first-order valence-corrected chi connectivity index (χ1v) is 9.39. The van der Waals surface area contributed by atoms with Crippen LogP contribution in [0.2, 0.25) is 0 Å². The van der Waals surface area contributed by atoms with Crippen LogP contribution in [0.15, 0.2) is 42.9 Å². The highest BCUT2D eigenvalue weighted by Crippen LogP contribution is 2.30. The van der Waals surface area contributed by atoms with E-state index in [4.69, 9.17) is 14.9 Å². The normalized spacial score (nSPS) is 12.0. The number of nitrogens with one attached hydrogen (secondary N) is 2. The van der Waals surface area contributed by atoms with Crippen molar-refractivity contribution in [3.8, 4) is 5.75 Å². The Hall–Kier alpha value is -3.38. The first-order valence-electron chi connectivity index (χ1n) is 7.50. The second-order valence-corrected chi connectivity index (χ2v) is 6.99. The molecule has 0 amide bonds. The van der Waals surface area contributed by atoms with Crippen molar-refractivity contribution >= 4 is 27.6 Å². The number of aliphatic carboxylic acids is 2. The van der Waals surface area contributed by atoms with Crippen LogP contribution < -0.4 is 9.46 Å². The third-order valence-corrected chi connectivity index (χ3v) is 3.59. The van der Waals surface area contributed by atoms with E-state index in [1.54, 1.807) is 18.3 Å². The number of aromatic amines is 1. The van der Waals surface area contributed by atoms with E-state index < -0.39 is 28.1 Å². The fourth-order valence-electron chi connectivity index (χ4n) is 1.91. The molecule has 0 aliphatic carbocycles. The Balaban J connectivity index is 0.000000416. The number of carbonyl (C=O) groups is 2. The molecule has 1 atom stereocenters. The molecule has 2 rings (SSSR count). The molecule has 1 aromatic heterocycles. The Morgan fingerprint density at radius 3 is 2.29 bits per heavy atom. The van der Waals surface area contributed by atoms with Crippen molar-refractivity contribution in [2.24, 2.45) is 0 Å². The van der Waals surface area contributed by atoms with Gasteiger partial charge in [0.25, 0.3) is 0 Å². The number of carboxylic acids is 2. The Morgan fingerprint density at radius 1 is 1.25 bits per heavy atom. The summed E-state index contributed by atoms with van der Waals surface area (Å²) in [5.74, 6) is -2.15. The average molecular weight is 413 g/mol. The fourth-order valence-corrected chi connectivity index (χ4v) is 2.47. The molecule has 1 aromatic carbocycles. The van der Waals surface area contributed by atoms with Gasteiger partial charge in [-0.15, -0.1) is 0 Å². The van der Waals surface area contributed by atoms with Crippen molar-refractivity contribution in [3.63, 3.8) is 0 Å². The van der Waals surface area contributed by atoms with E-state index >= 15 is 0 Å². The SMILES string of the molecule is COc1ccc(C(O)c2c[nH]cn2)cc1NS(C)(=O)=O.O=C(O)/C=C/C(=O)O. The molecular weight excluding hydrogens is 394 g/mol. The summed E-state index contributed by atoms with van der Waals surface area (Å²) in [4.78, 5) is 25.8. The predicted molar refractivity (Wildman–Crippen MR) is 98.5 cm³/mol. The molecule has 0 bridgehead atoms. The van der Waals surface area contributed by atoms with Gasteiger partial charge in [-0.05, 0) is 17.7 Å². The monoisotopic (exact) mass is 413 g/mol. The van der Waals surface area contributed by atoms with E-state index in [1.165, 1.54) is 19.5 Å². The highest BCUT2D eigenvalue weighted by molar-refractivity contribution is 7.92. The van der Waals surface area contributed by atoms with Crippen LogP contribution in [0.3, 0.4) is 0 Å². The number of carboxylic acid groups (broad SMARTS) is 2. The van der Waals surface area contributed by atoms with Gasteiger partial charge < -0.3 is 25.0 Å². The minimum absolute atomic E-state index is 0.266. The van der Waals surface area contributed by atoms with E-state index in [0.29, 0.717) is 29.2 Å². The van der Waals surface area contributed by atoms with Crippen molar-refractivity contribution in [1.29, 1.82) is 0 Å². The lowest BCUT2D eigenvalue weighted by atomic mass is 10.1. The number of benzene rings is 1. The van der Waals surface area contributed by atoms with Crippen LogP contribution in [-0.4, -0.2) is 59.0 Å². The number of hydrogen-bond donors (Lipinski definition) is 5. The third kappa shape index (κ3) is 7.88. The predicted octanol–water partition coefficient (Wildman–Crippen LogP) is 0.583. The second-order valence-electron chi connectivity index (χ2n) is 5.24. The van der Waals surface area contributed by atoms with E-state index in [-0.39, 0.29) is 5.69 Å². The standard InChI is InChI=1S/C12H15N3O4S.C4H4O4/c1-19-11-4-3-8(5-9(11)15-20(2,17)18)12(16)10-6-13-7-14-10;5-3(6)1-2-4(7)8/h3-7,12,15-16H,1-2H3,(H,13,14);1-2H,(H,5,6)(H,7,8)/b;2-1+. The van der Waals surface area contributed by atoms with Gasteiger partial charge >= 0.3 is 11.9 Å². The maximum atomic E-state index is 11.3. The molecule has 12 heteroatoms. The van der Waals surface area contributed by atoms with Crippen LogP contribution >= 0.6 is 0 Å². The van der Waals surface area contributed by atoms with Gasteiger partial charge in [0.2, 0.25) is 10.0 Å². The van der Waals surface area contributed by atoms with E-state index in [9.17, 15) is 23.1 Å². The maximum Gasteiger partial charge on any atom is 0.328 e. The molecule has 1 unspecified atom stereocenters. The molecule has 0 radical (unpaired) electrons. The number of methoxy groups -OCH3 is 1. The first kappa shape index (κ1) is 22.7. The number of anilines is 1. The first-order chi connectivity index (χ1) is 13.0. The zero-order chi connectivity index (χ0) is 21.3. The summed E-state index contributed by atoms with van der Waals surface area (Å²) < 4.78 is 30.1. The van der Waals surface area contributed by atoms with E-state index in [2.05, 4.69) is 14.7 Å². The van der Waals surface area contributed by atoms with E-state index in [0.717, 1.165) is 6.26 Å². The molecule has 28 heavy (non-hydrogen) atoms. The molecule has 0 aliphatic heterocycles. The number of H-pyrrole nitrogens is 1. The Labute approximate surface area is 160 Å². The minimum atomic E-state index is -3.44. The summed E-state index contributed by atoms with van der Waals surface area (Å²) in [5, 5.41) is 25.8. The highest BCUT2D eigenvalue weighted by atomic mass is 32.2. The number of imidazole rings is 1. The molecule has 2 aromatic rings. The molecular formula is C16H19N3O8S. The van der Waals surface area contributed by atoms with Gasteiger partial charge in [-0.3, -0.25) is 4.72 Å². The number of hydrogen-bond acceptors (Lipinski definition) is 7. The molecule has 5 N–H and O–H groups in total. The molecule has 0 aliphatic rings. The number of aromatic nitrogens is 2. The number of ether oxygens (including phenoxy) is 1. The number of nitrogens with zero attached hydrogens (tertiary/aromatic N) is 1. The van der Waals surface area contributed by atoms with Gasteiger partial charge in [0.05, 0.1) is 31.1 Å². The second kappa shape index (κ2) is 10.1. The summed E-state index contributed by atoms with van der Waals surface area (Å²) in [7, 11) is -2.00. The summed E-state index contributed by atoms with van der Waals surface area (Å²) in [5.41, 5.74) is 1.21. The number of aliphatic hydroxyl groups is 1. The average Bonchev–Trinajstić information content (AvgIpc) is 3.13. The van der Waals surface area contributed by atoms with Crippen LogP contribution in [0.25, 0.3) is 0 Å². The number of aliphatic hydroxyl groups excluding tert-OH is 1. The lowest BCUT2D eigenvalue weighted by Gasteiger charge is -2.14. The van der Waals surface area contributed by atoms with Gasteiger partial charge in [0.1, 0.15) is 11.9 Å². The summed E-state index contributed by atoms with van der Waals surface area (Å²) in [6.45, 7) is 0. The topological polar surface area (TPSA) is 179 Å². The molecule has 11 nitrogen and oxygen atoms in total. The van der Waals surface area contributed by atoms with Gasteiger partial charge in [-0.25, -0.2) is 23.0 Å². The summed E-state index contributed by atoms with van der Waals surface area (Å²) in [6.07, 6.45) is 4.23. The zero-order valence-corrected chi connectivity index (χ0v) is 15.7. The molecule has 0 saturated heterocycles. The van der Waals surface area contributed by atoms with Gasteiger partial charge in [0, 0.05) is 18.3 Å². The maximum absolute atomic E-state index is 11.3. The van der Waals surface area contributed by atoms with Crippen LogP contribution in [0, 0.1) is 0 Å². The largest absolute Gasteiger partial charge is 0.495 e. The third-order valence-electron chi connectivity index (χ3n) is 3.00. The van der Waals surface area contributed by atoms with Crippen molar-refractivity contribution in [2.75, 3.05) is 18.1 Å². The summed E-state index contributed by atoms with van der Waals surface area (Å²) >= 11 is 0. The Kier molecular flexibility index (Phi) is 8.16.